The maximum absolute atomic E-state index is 12.1. The Bertz CT molecular complexity index is 1050. The minimum Gasteiger partial charge on any atom is -0.485 e. The third-order valence-electron chi connectivity index (χ3n) is 4.00. The lowest BCUT2D eigenvalue weighted by Crippen LogP contribution is -2.11. The van der Waals surface area contributed by atoms with Crippen molar-refractivity contribution >= 4 is 40.6 Å². The Balaban J connectivity index is 1.70. The van der Waals surface area contributed by atoms with E-state index in [9.17, 15) is 10.1 Å². The van der Waals surface area contributed by atoms with Crippen LogP contribution in [0.3, 0.4) is 0 Å². The van der Waals surface area contributed by atoms with Crippen molar-refractivity contribution in [3.8, 4) is 11.8 Å². The van der Waals surface area contributed by atoms with E-state index in [0.29, 0.717) is 32.5 Å². The topological polar surface area (TPSA) is 50.1 Å². The van der Waals surface area contributed by atoms with Crippen molar-refractivity contribution in [2.45, 2.75) is 0 Å². The van der Waals surface area contributed by atoms with E-state index in [1.165, 1.54) is 0 Å². The first kappa shape index (κ1) is 19.7. The number of hydrogen-bond acceptors (Lipinski definition) is 3. The molecule has 0 unspecified atom stereocenters. The number of rotatable bonds is 6. The number of ketones is 1. The van der Waals surface area contributed by atoms with Gasteiger partial charge in [0, 0.05) is 16.1 Å². The van der Waals surface area contributed by atoms with E-state index in [0.717, 1.165) is 5.56 Å². The average molecular weight is 408 g/mol. The summed E-state index contributed by atoms with van der Waals surface area (Å²) in [5.41, 5.74) is 2.46. The molecule has 0 heterocycles. The van der Waals surface area contributed by atoms with Gasteiger partial charge in [-0.2, -0.15) is 5.26 Å². The van der Waals surface area contributed by atoms with Crippen molar-refractivity contribution in [1.29, 1.82) is 5.26 Å². The Kier molecular flexibility index (Phi) is 6.49. The summed E-state index contributed by atoms with van der Waals surface area (Å²) in [5, 5.41) is 10.4. The predicted octanol–water partition coefficient (Wildman–Crippen LogP) is 6.32. The Labute approximate surface area is 173 Å². The molecule has 0 atom stereocenters. The Morgan fingerprint density at radius 3 is 2.36 bits per heavy atom. The van der Waals surface area contributed by atoms with Crippen molar-refractivity contribution in [1.82, 2.24) is 0 Å². The van der Waals surface area contributed by atoms with Gasteiger partial charge in [0.25, 0.3) is 0 Å². The largest absolute Gasteiger partial charge is 0.485 e. The molecule has 0 fully saturated rings. The molecule has 0 aliphatic carbocycles. The molecular weight excluding hydrogens is 393 g/mol. The molecule has 28 heavy (non-hydrogen) atoms. The lowest BCUT2D eigenvalue weighted by Gasteiger charge is -2.07. The van der Waals surface area contributed by atoms with Gasteiger partial charge in [0.2, 0.25) is 0 Å². The lowest BCUT2D eigenvalue weighted by molar-refractivity contribution is 0.0921. The highest BCUT2D eigenvalue weighted by Crippen LogP contribution is 2.28. The number of hydrogen-bond donors (Lipinski definition) is 0. The molecule has 3 aromatic carbocycles. The number of carbonyl (C=O) groups is 1. The zero-order valence-corrected chi connectivity index (χ0v) is 16.2. The maximum Gasteiger partial charge on any atom is 0.200 e. The first-order valence-electron chi connectivity index (χ1n) is 8.45. The van der Waals surface area contributed by atoms with Crippen LogP contribution >= 0.6 is 23.2 Å². The Morgan fingerprint density at radius 1 is 1.00 bits per heavy atom. The molecule has 0 N–H and O–H groups in total. The minimum atomic E-state index is -0.0891. The van der Waals surface area contributed by atoms with Crippen LogP contribution in [-0.2, 0) is 0 Å². The Morgan fingerprint density at radius 2 is 1.71 bits per heavy atom. The zero-order chi connectivity index (χ0) is 19.9. The fraction of sp³-hybridized carbons (Fsp3) is 0.0435. The summed E-state index contributed by atoms with van der Waals surface area (Å²) >= 11 is 12.1. The van der Waals surface area contributed by atoms with Gasteiger partial charge in [-0.25, -0.2) is 0 Å². The predicted molar refractivity (Wildman–Crippen MR) is 113 cm³/mol. The van der Waals surface area contributed by atoms with Gasteiger partial charge in [0.1, 0.15) is 5.75 Å². The third kappa shape index (κ3) is 5.01. The highest BCUT2D eigenvalue weighted by Gasteiger charge is 2.08. The first-order valence-corrected chi connectivity index (χ1v) is 9.21. The Hall–Kier alpha value is -3.06. The molecule has 3 rings (SSSR count). The highest BCUT2D eigenvalue weighted by atomic mass is 35.5. The van der Waals surface area contributed by atoms with Crippen LogP contribution in [0.1, 0.15) is 21.5 Å². The van der Waals surface area contributed by atoms with Gasteiger partial charge in [-0.1, -0.05) is 71.7 Å². The van der Waals surface area contributed by atoms with Crippen molar-refractivity contribution < 1.29 is 9.53 Å². The molecule has 0 amide bonds. The number of benzene rings is 3. The number of carbonyl (C=O) groups excluding carboxylic acids is 1. The normalized spacial score (nSPS) is 11.0. The van der Waals surface area contributed by atoms with E-state index in [4.69, 9.17) is 27.9 Å². The number of nitrogens with zero attached hydrogens (tertiary/aromatic N) is 1. The van der Waals surface area contributed by atoms with Crippen molar-refractivity contribution in [2.24, 2.45) is 0 Å². The number of Topliss-reactive ketones (excluding diaryl/α,β-unsaturated/α-hetero) is 1. The summed E-state index contributed by atoms with van der Waals surface area (Å²) < 4.78 is 5.55. The molecule has 5 heteroatoms. The summed E-state index contributed by atoms with van der Waals surface area (Å²) in [4.78, 5) is 12.1. The summed E-state index contributed by atoms with van der Waals surface area (Å²) in [6, 6.07) is 23.3. The molecule has 0 saturated carbocycles. The van der Waals surface area contributed by atoms with Gasteiger partial charge in [-0.15, -0.1) is 0 Å². The highest BCUT2D eigenvalue weighted by molar-refractivity contribution is 6.36. The van der Waals surface area contributed by atoms with E-state index < -0.39 is 0 Å². The van der Waals surface area contributed by atoms with E-state index >= 15 is 0 Å². The van der Waals surface area contributed by atoms with E-state index in [1.54, 1.807) is 48.5 Å². The van der Waals surface area contributed by atoms with Crippen LogP contribution < -0.4 is 4.74 Å². The summed E-state index contributed by atoms with van der Waals surface area (Å²) in [7, 11) is 0. The molecule has 0 radical (unpaired) electrons. The summed E-state index contributed by atoms with van der Waals surface area (Å²) in [6.07, 6.45) is 1.73. The zero-order valence-electron chi connectivity index (χ0n) is 14.7. The smallest absolute Gasteiger partial charge is 0.200 e. The second-order valence-corrected chi connectivity index (χ2v) is 6.78. The number of allylic oxidation sites excluding steroid dienone is 1. The van der Waals surface area contributed by atoms with Crippen LogP contribution in [0.15, 0.2) is 72.8 Å². The van der Waals surface area contributed by atoms with Crippen LogP contribution in [0.4, 0.5) is 0 Å². The van der Waals surface area contributed by atoms with Crippen LogP contribution in [0.25, 0.3) is 11.6 Å². The molecular formula is C23H15Cl2NO2. The standard InChI is InChI=1S/C23H15Cl2NO2/c24-19-8-11-21(22(25)13-19)18(14-26)12-16-6-9-20(10-7-16)28-15-23(27)17-4-2-1-3-5-17/h1-13H,15H2. The van der Waals surface area contributed by atoms with Gasteiger partial charge in [0.15, 0.2) is 12.4 Å². The van der Waals surface area contributed by atoms with Crippen molar-refractivity contribution in [3.63, 3.8) is 0 Å². The molecule has 138 valence electrons. The lowest BCUT2D eigenvalue weighted by atomic mass is 10.0. The SMILES string of the molecule is N#CC(=Cc1ccc(OCC(=O)c2ccccc2)cc1)c1ccc(Cl)cc1Cl. The molecule has 0 bridgehead atoms. The van der Waals surface area contributed by atoms with E-state index in [-0.39, 0.29) is 12.4 Å². The molecule has 0 saturated heterocycles. The van der Waals surface area contributed by atoms with Gasteiger partial charge in [-0.3, -0.25) is 4.79 Å². The summed E-state index contributed by atoms with van der Waals surface area (Å²) in [6.45, 7) is -0.0387. The fourth-order valence-corrected chi connectivity index (χ4v) is 3.07. The summed E-state index contributed by atoms with van der Waals surface area (Å²) in [5.74, 6) is 0.484. The monoisotopic (exact) mass is 407 g/mol. The second kappa shape index (κ2) is 9.23. The molecule has 0 aliphatic rings. The third-order valence-corrected chi connectivity index (χ3v) is 4.55. The molecule has 0 aliphatic heterocycles. The van der Waals surface area contributed by atoms with Crippen molar-refractivity contribution in [2.75, 3.05) is 6.61 Å². The van der Waals surface area contributed by atoms with E-state index in [1.807, 2.05) is 30.3 Å². The van der Waals surface area contributed by atoms with Crippen LogP contribution in [0.2, 0.25) is 10.0 Å². The molecule has 0 aromatic heterocycles. The van der Waals surface area contributed by atoms with Crippen molar-refractivity contribution in [3.05, 3.63) is 99.5 Å². The molecule has 3 aromatic rings. The van der Waals surface area contributed by atoms with Gasteiger partial charge >= 0.3 is 0 Å². The average Bonchev–Trinajstić information content (AvgIpc) is 2.72. The fourth-order valence-electron chi connectivity index (χ4n) is 2.56. The number of ether oxygens (including phenoxy) is 1. The molecule has 0 spiro atoms. The van der Waals surface area contributed by atoms with Crippen LogP contribution in [0.5, 0.6) is 5.75 Å². The number of nitriles is 1. The minimum absolute atomic E-state index is 0.0387. The molecule has 3 nitrogen and oxygen atoms in total. The van der Waals surface area contributed by atoms with Gasteiger partial charge in [0.05, 0.1) is 16.7 Å². The first-order chi connectivity index (χ1) is 13.6. The maximum atomic E-state index is 12.1. The quantitative estimate of drug-likeness (QED) is 0.273. The van der Waals surface area contributed by atoms with Crippen LogP contribution in [-0.4, -0.2) is 12.4 Å². The van der Waals surface area contributed by atoms with E-state index in [2.05, 4.69) is 6.07 Å². The number of halogens is 2. The van der Waals surface area contributed by atoms with Crippen LogP contribution in [0, 0.1) is 11.3 Å². The van der Waals surface area contributed by atoms with Gasteiger partial charge < -0.3 is 4.74 Å². The van der Waals surface area contributed by atoms with Gasteiger partial charge in [-0.05, 0) is 35.9 Å². The second-order valence-electron chi connectivity index (χ2n) is 5.94.